The van der Waals surface area contributed by atoms with Gasteiger partial charge in [-0.25, -0.2) is 19.4 Å². The van der Waals surface area contributed by atoms with Gasteiger partial charge in [-0.2, -0.15) is 5.10 Å². The van der Waals surface area contributed by atoms with Gasteiger partial charge in [-0.1, -0.05) is 11.6 Å². The van der Waals surface area contributed by atoms with Gasteiger partial charge in [0.2, 0.25) is 0 Å². The van der Waals surface area contributed by atoms with Crippen LogP contribution in [0.3, 0.4) is 0 Å². The molecule has 0 aliphatic rings. The Morgan fingerprint density at radius 2 is 2.29 bits per heavy atom. The highest BCUT2D eigenvalue weighted by molar-refractivity contribution is 6.30. The van der Waals surface area contributed by atoms with E-state index < -0.39 is 0 Å². The van der Waals surface area contributed by atoms with Gasteiger partial charge in [0.05, 0.1) is 17.3 Å². The molecular formula is C15H16ClN7O. The SMILES string of the molecule is CN(Cc1cc(Cl)cn1C)C(=O)Nc1cccnc1-n1cncn1. The van der Waals surface area contributed by atoms with Crippen molar-refractivity contribution in [1.29, 1.82) is 0 Å². The molecule has 9 heteroatoms. The summed E-state index contributed by atoms with van der Waals surface area (Å²) < 4.78 is 3.38. The van der Waals surface area contributed by atoms with E-state index in [9.17, 15) is 4.79 Å². The number of rotatable bonds is 4. The molecule has 0 spiro atoms. The average molecular weight is 346 g/mol. The number of carbonyl (C=O) groups excluding carboxylic acids is 1. The van der Waals surface area contributed by atoms with Crippen LogP contribution in [-0.2, 0) is 13.6 Å². The number of hydrogen-bond acceptors (Lipinski definition) is 4. The van der Waals surface area contributed by atoms with Crippen molar-refractivity contribution in [2.45, 2.75) is 6.54 Å². The molecule has 0 bridgehead atoms. The molecule has 0 fully saturated rings. The molecule has 0 atom stereocenters. The Bertz CT molecular complexity index is 843. The van der Waals surface area contributed by atoms with E-state index in [1.807, 2.05) is 17.7 Å². The van der Waals surface area contributed by atoms with Crippen molar-refractivity contribution in [2.75, 3.05) is 12.4 Å². The fraction of sp³-hybridized carbons (Fsp3) is 0.200. The first-order chi connectivity index (χ1) is 11.5. The summed E-state index contributed by atoms with van der Waals surface area (Å²) in [5.41, 5.74) is 1.48. The molecule has 0 saturated carbocycles. The zero-order valence-electron chi connectivity index (χ0n) is 13.2. The molecule has 8 nitrogen and oxygen atoms in total. The molecule has 3 aromatic heterocycles. The van der Waals surface area contributed by atoms with Gasteiger partial charge in [0.15, 0.2) is 5.82 Å². The molecule has 24 heavy (non-hydrogen) atoms. The summed E-state index contributed by atoms with van der Waals surface area (Å²) >= 11 is 5.97. The van der Waals surface area contributed by atoms with Gasteiger partial charge >= 0.3 is 6.03 Å². The zero-order chi connectivity index (χ0) is 17.1. The quantitative estimate of drug-likeness (QED) is 0.786. The number of pyridine rings is 1. The van der Waals surface area contributed by atoms with Gasteiger partial charge in [-0.05, 0) is 18.2 Å². The maximum absolute atomic E-state index is 12.5. The second-order valence-electron chi connectivity index (χ2n) is 5.26. The van der Waals surface area contributed by atoms with E-state index in [0.29, 0.717) is 23.1 Å². The first kappa shape index (κ1) is 16.0. The molecule has 0 radical (unpaired) electrons. The van der Waals surface area contributed by atoms with Crippen LogP contribution >= 0.6 is 11.6 Å². The first-order valence-electron chi connectivity index (χ1n) is 7.17. The number of aryl methyl sites for hydroxylation is 1. The van der Waals surface area contributed by atoms with E-state index in [0.717, 1.165) is 5.69 Å². The minimum atomic E-state index is -0.262. The molecule has 3 rings (SSSR count). The summed E-state index contributed by atoms with van der Waals surface area (Å²) in [6.45, 7) is 0.425. The Hall–Kier alpha value is -2.87. The Labute approximate surface area is 143 Å². The summed E-state index contributed by atoms with van der Waals surface area (Å²) in [5.74, 6) is 0.499. The molecule has 0 saturated heterocycles. The van der Waals surface area contributed by atoms with Crippen LogP contribution in [-0.4, -0.2) is 42.3 Å². The molecule has 1 N–H and O–H groups in total. The zero-order valence-corrected chi connectivity index (χ0v) is 14.0. The number of halogens is 1. The van der Waals surface area contributed by atoms with Gasteiger partial charge in [-0.15, -0.1) is 0 Å². The van der Waals surface area contributed by atoms with Crippen molar-refractivity contribution >= 4 is 23.3 Å². The lowest BCUT2D eigenvalue weighted by Gasteiger charge is -2.19. The van der Waals surface area contributed by atoms with E-state index in [1.165, 1.54) is 17.3 Å². The van der Waals surface area contributed by atoms with E-state index in [2.05, 4.69) is 20.4 Å². The van der Waals surface area contributed by atoms with E-state index >= 15 is 0 Å². The van der Waals surface area contributed by atoms with Crippen molar-refractivity contribution in [1.82, 2.24) is 29.2 Å². The second kappa shape index (κ2) is 6.71. The van der Waals surface area contributed by atoms with Gasteiger partial charge in [0.1, 0.15) is 12.7 Å². The van der Waals surface area contributed by atoms with E-state index in [-0.39, 0.29) is 6.03 Å². The number of carbonyl (C=O) groups is 1. The van der Waals surface area contributed by atoms with Crippen molar-refractivity contribution in [3.63, 3.8) is 0 Å². The van der Waals surface area contributed by atoms with Gasteiger partial charge in [0.25, 0.3) is 0 Å². The van der Waals surface area contributed by atoms with Crippen LogP contribution < -0.4 is 5.32 Å². The van der Waals surface area contributed by atoms with Crippen LogP contribution in [0.1, 0.15) is 5.69 Å². The minimum Gasteiger partial charge on any atom is -0.351 e. The smallest absolute Gasteiger partial charge is 0.322 e. The number of anilines is 1. The molecule has 0 aliphatic heterocycles. The third-order valence-electron chi connectivity index (χ3n) is 3.48. The highest BCUT2D eigenvalue weighted by atomic mass is 35.5. The normalized spacial score (nSPS) is 10.6. The Morgan fingerprint density at radius 1 is 1.46 bits per heavy atom. The Morgan fingerprint density at radius 3 is 2.96 bits per heavy atom. The van der Waals surface area contributed by atoms with Gasteiger partial charge < -0.3 is 14.8 Å². The average Bonchev–Trinajstić information content (AvgIpc) is 3.18. The highest BCUT2D eigenvalue weighted by Crippen LogP contribution is 2.18. The number of urea groups is 1. The molecule has 0 aromatic carbocycles. The number of nitrogens with zero attached hydrogens (tertiary/aromatic N) is 6. The molecule has 124 valence electrons. The standard InChI is InChI=1S/C15H16ClN7O/c1-21-7-11(16)6-12(21)8-22(2)15(24)20-13-4-3-5-18-14(13)23-10-17-9-19-23/h3-7,9-10H,8H2,1-2H3,(H,20,24). The van der Waals surface area contributed by atoms with Gasteiger partial charge in [-0.3, -0.25) is 0 Å². The van der Waals surface area contributed by atoms with Gasteiger partial charge in [0, 0.05) is 32.2 Å². The molecule has 0 unspecified atom stereocenters. The molecule has 2 amide bonds. The topological polar surface area (TPSA) is 80.9 Å². The third-order valence-corrected chi connectivity index (χ3v) is 3.69. The predicted molar refractivity (Wildman–Crippen MR) is 90.1 cm³/mol. The summed E-state index contributed by atoms with van der Waals surface area (Å²) in [6, 6.07) is 5.07. The van der Waals surface area contributed by atoms with Crippen LogP contribution in [0, 0.1) is 0 Å². The molecule has 3 heterocycles. The largest absolute Gasteiger partial charge is 0.351 e. The van der Waals surface area contributed by atoms with E-state index in [1.54, 1.807) is 36.5 Å². The minimum absolute atomic E-state index is 0.262. The number of amides is 2. The number of nitrogens with one attached hydrogen (secondary N) is 1. The van der Waals surface area contributed by atoms with Crippen LogP contribution in [0.25, 0.3) is 5.82 Å². The number of aromatic nitrogens is 5. The predicted octanol–water partition coefficient (Wildman–Crippen LogP) is 2.32. The van der Waals surface area contributed by atoms with Crippen LogP contribution in [0.2, 0.25) is 5.02 Å². The first-order valence-corrected chi connectivity index (χ1v) is 7.55. The second-order valence-corrected chi connectivity index (χ2v) is 5.70. The third kappa shape index (κ3) is 3.38. The summed E-state index contributed by atoms with van der Waals surface area (Å²) in [4.78, 5) is 22.2. The van der Waals surface area contributed by atoms with E-state index in [4.69, 9.17) is 11.6 Å². The summed E-state index contributed by atoms with van der Waals surface area (Å²) in [5, 5.41) is 7.52. The summed E-state index contributed by atoms with van der Waals surface area (Å²) in [7, 11) is 3.60. The lowest BCUT2D eigenvalue weighted by Crippen LogP contribution is -2.31. The monoisotopic (exact) mass is 345 g/mol. The molecular weight excluding hydrogens is 330 g/mol. The van der Waals surface area contributed by atoms with Crippen molar-refractivity contribution in [2.24, 2.45) is 7.05 Å². The van der Waals surface area contributed by atoms with Crippen molar-refractivity contribution in [3.8, 4) is 5.82 Å². The summed E-state index contributed by atoms with van der Waals surface area (Å²) in [6.07, 6.45) is 6.36. The fourth-order valence-electron chi connectivity index (χ4n) is 2.24. The fourth-order valence-corrected chi connectivity index (χ4v) is 2.52. The Kier molecular flexibility index (Phi) is 4.48. The maximum Gasteiger partial charge on any atom is 0.322 e. The Balaban J connectivity index is 1.74. The van der Waals surface area contributed by atoms with Crippen molar-refractivity contribution in [3.05, 3.63) is 54.0 Å². The van der Waals surface area contributed by atoms with Crippen LogP contribution in [0.4, 0.5) is 10.5 Å². The van der Waals surface area contributed by atoms with Crippen molar-refractivity contribution < 1.29 is 4.79 Å². The van der Waals surface area contributed by atoms with Crippen LogP contribution in [0.5, 0.6) is 0 Å². The van der Waals surface area contributed by atoms with Crippen LogP contribution in [0.15, 0.2) is 43.2 Å². The lowest BCUT2D eigenvalue weighted by atomic mass is 10.3. The maximum atomic E-state index is 12.5. The lowest BCUT2D eigenvalue weighted by molar-refractivity contribution is 0.219. The number of hydrogen-bond donors (Lipinski definition) is 1. The highest BCUT2D eigenvalue weighted by Gasteiger charge is 2.15. The molecule has 0 aliphatic carbocycles. The molecule has 3 aromatic rings.